The number of piperazine rings is 1. The molecule has 0 aromatic heterocycles. The molecule has 3 aromatic rings. The molecular weight excluding hydrogens is 787 g/mol. The standard InChI is InChI=1S/C38H36F6N4O6S2/c1-22(2)20-46-11-13-47(14-12-46)33(50)21-54-30-8-5-24(25-16-27(37(39,40)41)19-28(17-25)38(42,43)44)15-26(30)18-31-34(51)48(36(55)56-31)10-9-32(49)45-29-6-3-23(4-7-29)35(52)53/h3-8,15-19,22H,9-14,20-21H2,1-2H3,(H,45,49)(H,52,53)/b31-18-. The van der Waals surface area contributed by atoms with Crippen LogP contribution in [0.4, 0.5) is 32.0 Å². The Labute approximate surface area is 327 Å². The van der Waals surface area contributed by atoms with Gasteiger partial charge in [-0.15, -0.1) is 0 Å². The molecule has 5 rings (SSSR count). The number of halogens is 6. The molecule has 2 saturated heterocycles. The number of carbonyl (C=O) groups excluding carboxylic acids is 3. The number of thiocarbonyl (C=S) groups is 1. The lowest BCUT2D eigenvalue weighted by molar-refractivity contribution is -0.143. The van der Waals surface area contributed by atoms with Crippen molar-refractivity contribution in [1.29, 1.82) is 0 Å². The average Bonchev–Trinajstić information content (AvgIpc) is 3.39. The normalized spacial score (nSPS) is 16.2. The lowest BCUT2D eigenvalue weighted by Gasteiger charge is -2.35. The van der Waals surface area contributed by atoms with Gasteiger partial charge >= 0.3 is 18.3 Å². The van der Waals surface area contributed by atoms with E-state index in [4.69, 9.17) is 22.1 Å². The summed E-state index contributed by atoms with van der Waals surface area (Å²) in [6, 6.07) is 10.4. The SMILES string of the molecule is CC(C)CN1CCN(C(=O)COc2ccc(-c3cc(C(F)(F)F)cc(C(F)(F)F)c3)cc2/C=C2\SC(=S)N(CCC(=O)Nc3ccc(C(=O)O)cc3)C2=O)CC1. The van der Waals surface area contributed by atoms with Gasteiger partial charge < -0.3 is 20.1 Å². The Balaban J connectivity index is 1.39. The van der Waals surface area contributed by atoms with Crippen molar-refractivity contribution in [2.24, 2.45) is 5.92 Å². The highest BCUT2D eigenvalue weighted by molar-refractivity contribution is 8.26. The predicted octanol–water partition coefficient (Wildman–Crippen LogP) is 7.50. The summed E-state index contributed by atoms with van der Waals surface area (Å²) in [5, 5.41) is 11.7. The number of hydrogen-bond acceptors (Lipinski definition) is 8. The lowest BCUT2D eigenvalue weighted by Crippen LogP contribution is -2.50. The van der Waals surface area contributed by atoms with E-state index in [1.807, 2.05) is 0 Å². The molecule has 2 N–H and O–H groups in total. The number of anilines is 1. The highest BCUT2D eigenvalue weighted by atomic mass is 32.2. The van der Waals surface area contributed by atoms with Crippen LogP contribution in [0.15, 0.2) is 65.6 Å². The Kier molecular flexibility index (Phi) is 13.2. The molecule has 10 nitrogen and oxygen atoms in total. The van der Waals surface area contributed by atoms with E-state index in [1.54, 1.807) is 4.90 Å². The first kappa shape index (κ1) is 42.2. The van der Waals surface area contributed by atoms with Gasteiger partial charge in [0.05, 0.1) is 21.6 Å². The topological polar surface area (TPSA) is 119 Å². The van der Waals surface area contributed by atoms with Crippen molar-refractivity contribution in [3.05, 3.63) is 87.8 Å². The first-order valence-electron chi connectivity index (χ1n) is 17.2. The molecule has 0 spiro atoms. The predicted molar refractivity (Wildman–Crippen MR) is 202 cm³/mol. The molecule has 0 radical (unpaired) electrons. The second-order valence-corrected chi connectivity index (χ2v) is 15.1. The maximum atomic E-state index is 13.7. The van der Waals surface area contributed by atoms with Crippen molar-refractivity contribution in [3.63, 3.8) is 0 Å². The fraction of sp³-hybridized carbons (Fsp3) is 0.342. The lowest BCUT2D eigenvalue weighted by atomic mass is 9.97. The first-order chi connectivity index (χ1) is 26.3. The summed E-state index contributed by atoms with van der Waals surface area (Å²) >= 11 is 6.25. The number of carbonyl (C=O) groups is 4. The molecule has 3 amide bonds. The van der Waals surface area contributed by atoms with Crippen LogP contribution in [0, 0.1) is 5.92 Å². The third kappa shape index (κ3) is 10.9. The van der Waals surface area contributed by atoms with E-state index in [1.165, 1.54) is 48.5 Å². The number of aromatic carboxylic acids is 1. The molecule has 298 valence electrons. The fourth-order valence-electron chi connectivity index (χ4n) is 5.99. The minimum Gasteiger partial charge on any atom is -0.483 e. The first-order valence-corrected chi connectivity index (χ1v) is 18.5. The van der Waals surface area contributed by atoms with Gasteiger partial charge in [-0.1, -0.05) is 43.9 Å². The molecule has 2 aliphatic rings. The summed E-state index contributed by atoms with van der Waals surface area (Å²) in [6.45, 7) is 6.78. The van der Waals surface area contributed by atoms with Gasteiger partial charge in [0, 0.05) is 56.9 Å². The summed E-state index contributed by atoms with van der Waals surface area (Å²) in [6.07, 6.45) is -9.05. The van der Waals surface area contributed by atoms with E-state index < -0.39 is 53.4 Å². The molecule has 0 unspecified atom stereocenters. The number of ether oxygens (including phenoxy) is 1. The number of hydrogen-bond donors (Lipinski definition) is 2. The summed E-state index contributed by atoms with van der Waals surface area (Å²) in [5.41, 5.74) is -3.06. The smallest absolute Gasteiger partial charge is 0.416 e. The van der Waals surface area contributed by atoms with E-state index >= 15 is 0 Å². The van der Waals surface area contributed by atoms with Crippen molar-refractivity contribution in [2.75, 3.05) is 51.2 Å². The number of nitrogens with one attached hydrogen (secondary N) is 1. The zero-order chi connectivity index (χ0) is 40.9. The molecular formula is C38H36F6N4O6S2. The van der Waals surface area contributed by atoms with Gasteiger partial charge in [-0.05, 0) is 77.7 Å². The Hall–Kier alpha value is -4.94. The number of rotatable bonds is 12. The molecule has 2 fully saturated rings. The largest absolute Gasteiger partial charge is 0.483 e. The third-order valence-electron chi connectivity index (χ3n) is 8.77. The van der Waals surface area contributed by atoms with Crippen molar-refractivity contribution in [3.8, 4) is 16.9 Å². The number of carboxylic acids is 1. The quantitative estimate of drug-likeness (QED) is 0.109. The zero-order valence-corrected chi connectivity index (χ0v) is 31.6. The molecule has 2 aliphatic heterocycles. The second-order valence-electron chi connectivity index (χ2n) is 13.4. The molecule has 2 heterocycles. The van der Waals surface area contributed by atoms with Crippen LogP contribution in [0.1, 0.15) is 47.3 Å². The molecule has 18 heteroatoms. The third-order valence-corrected chi connectivity index (χ3v) is 10.1. The van der Waals surface area contributed by atoms with E-state index in [9.17, 15) is 45.5 Å². The highest BCUT2D eigenvalue weighted by Gasteiger charge is 2.37. The van der Waals surface area contributed by atoms with Crippen LogP contribution in [0.5, 0.6) is 5.75 Å². The van der Waals surface area contributed by atoms with Crippen LogP contribution in [0.3, 0.4) is 0 Å². The number of amides is 3. The molecule has 0 saturated carbocycles. The number of benzene rings is 3. The van der Waals surface area contributed by atoms with Crippen molar-refractivity contribution in [1.82, 2.24) is 14.7 Å². The monoisotopic (exact) mass is 822 g/mol. The van der Waals surface area contributed by atoms with Gasteiger partial charge in [0.2, 0.25) is 5.91 Å². The molecule has 0 atom stereocenters. The minimum absolute atomic E-state index is 0.0225. The summed E-state index contributed by atoms with van der Waals surface area (Å²) in [7, 11) is 0. The molecule has 0 aliphatic carbocycles. The number of alkyl halides is 6. The van der Waals surface area contributed by atoms with Crippen LogP contribution >= 0.6 is 24.0 Å². The van der Waals surface area contributed by atoms with Crippen LogP contribution in [-0.2, 0) is 26.7 Å². The van der Waals surface area contributed by atoms with E-state index in [0.29, 0.717) is 49.9 Å². The maximum absolute atomic E-state index is 13.7. The van der Waals surface area contributed by atoms with Gasteiger partial charge in [0.25, 0.3) is 11.8 Å². The summed E-state index contributed by atoms with van der Waals surface area (Å²) in [5.74, 6) is -2.11. The van der Waals surface area contributed by atoms with Crippen molar-refractivity contribution >= 4 is 63.8 Å². The fourth-order valence-corrected chi connectivity index (χ4v) is 7.29. The minimum atomic E-state index is -5.08. The van der Waals surface area contributed by atoms with Crippen LogP contribution in [0.2, 0.25) is 0 Å². The molecule has 3 aromatic carbocycles. The maximum Gasteiger partial charge on any atom is 0.416 e. The van der Waals surface area contributed by atoms with Gasteiger partial charge in [-0.3, -0.25) is 24.2 Å². The van der Waals surface area contributed by atoms with E-state index in [2.05, 4.69) is 24.1 Å². The van der Waals surface area contributed by atoms with Gasteiger partial charge in [-0.2, -0.15) is 26.3 Å². The van der Waals surface area contributed by atoms with E-state index in [0.717, 1.165) is 23.2 Å². The van der Waals surface area contributed by atoms with Crippen LogP contribution < -0.4 is 10.1 Å². The number of nitrogens with zero attached hydrogens (tertiary/aromatic N) is 3. The Morgan fingerprint density at radius 2 is 1.54 bits per heavy atom. The Bertz CT molecular complexity index is 2000. The Morgan fingerprint density at radius 3 is 2.11 bits per heavy atom. The second kappa shape index (κ2) is 17.5. The Morgan fingerprint density at radius 1 is 0.911 bits per heavy atom. The van der Waals surface area contributed by atoms with Crippen LogP contribution in [0.25, 0.3) is 17.2 Å². The molecule has 56 heavy (non-hydrogen) atoms. The summed E-state index contributed by atoms with van der Waals surface area (Å²) in [4.78, 5) is 55.5. The van der Waals surface area contributed by atoms with Gasteiger partial charge in [0.1, 0.15) is 10.1 Å². The number of carboxylic acid groups (broad SMARTS) is 1. The highest BCUT2D eigenvalue weighted by Crippen LogP contribution is 2.40. The average molecular weight is 823 g/mol. The van der Waals surface area contributed by atoms with Gasteiger partial charge in [-0.25, -0.2) is 4.79 Å². The number of thioether (sulfide) groups is 1. The van der Waals surface area contributed by atoms with Gasteiger partial charge in [0.15, 0.2) is 6.61 Å². The van der Waals surface area contributed by atoms with Crippen molar-refractivity contribution < 1.29 is 55.4 Å². The molecule has 0 bridgehead atoms. The summed E-state index contributed by atoms with van der Waals surface area (Å²) < 4.78 is 88.3. The van der Waals surface area contributed by atoms with Crippen LogP contribution in [-0.4, -0.2) is 93.7 Å². The van der Waals surface area contributed by atoms with Crippen molar-refractivity contribution in [2.45, 2.75) is 32.6 Å². The zero-order valence-electron chi connectivity index (χ0n) is 30.0. The van der Waals surface area contributed by atoms with E-state index in [-0.39, 0.29) is 56.6 Å².